The van der Waals surface area contributed by atoms with Crippen LogP contribution in [-0.2, 0) is 0 Å². The van der Waals surface area contributed by atoms with Gasteiger partial charge in [-0.15, -0.1) is 65.8 Å². The average Bonchev–Trinajstić information content (AvgIpc) is 2.81. The Kier molecular flexibility index (Phi) is 8.83. The Labute approximate surface area is 187 Å². The van der Waals surface area contributed by atoms with Crippen LogP contribution in [0.3, 0.4) is 0 Å². The molecule has 0 aromatic carbocycles. The standard InChI is InChI=1S/C20H35N5Si5/c1-11-26(12-2)21-27(13-3,14-4)23-29(17-7,18-8)25-30(19-9,20-10)24-28(15-5,16-6)22-26/h11-25H,1-10H2. The molecule has 0 aliphatic carbocycles. The van der Waals surface area contributed by atoms with E-state index in [0.29, 0.717) is 0 Å². The smallest absolute Gasteiger partial charge is 0.241 e. The molecule has 5 nitrogen and oxygen atoms in total. The molecule has 10 heteroatoms. The van der Waals surface area contributed by atoms with Crippen LogP contribution in [0, 0.1) is 0 Å². The summed E-state index contributed by atoms with van der Waals surface area (Å²) in [5, 5.41) is 0. The molecule has 1 fully saturated rings. The first-order valence-electron chi connectivity index (χ1n) is 9.47. The van der Waals surface area contributed by atoms with Crippen molar-refractivity contribution in [2.75, 3.05) is 0 Å². The highest BCUT2D eigenvalue weighted by atomic mass is 28.5. The van der Waals surface area contributed by atoms with Crippen LogP contribution in [0.25, 0.3) is 0 Å². The molecular formula is C20H35N5Si5. The molecule has 0 radical (unpaired) electrons. The number of rotatable bonds is 10. The molecule has 0 aromatic heterocycles. The maximum atomic E-state index is 4.12. The Morgan fingerprint density at radius 3 is 0.433 bits per heavy atom. The molecule has 30 heavy (non-hydrogen) atoms. The maximum Gasteiger partial charge on any atom is 0.241 e. The molecule has 0 unspecified atom stereocenters. The molecule has 0 spiro atoms. The molecule has 1 heterocycles. The second-order valence-electron chi connectivity index (χ2n) is 7.01. The van der Waals surface area contributed by atoms with Crippen molar-refractivity contribution in [1.82, 2.24) is 23.2 Å². The third kappa shape index (κ3) is 4.95. The summed E-state index contributed by atoms with van der Waals surface area (Å²) >= 11 is 0. The second-order valence-corrected chi connectivity index (χ2v) is 24.8. The van der Waals surface area contributed by atoms with Gasteiger partial charge in [0.15, 0.2) is 0 Å². The van der Waals surface area contributed by atoms with Gasteiger partial charge in [0.1, 0.15) is 0 Å². The lowest BCUT2D eigenvalue weighted by atomic mass is 11.2. The molecule has 0 aromatic rings. The molecule has 5 N–H and O–H groups in total. The maximum absolute atomic E-state index is 4.12. The minimum Gasteiger partial charge on any atom is -0.323 e. The summed E-state index contributed by atoms with van der Waals surface area (Å²) in [6, 6.07) is 0. The molecular weight excluding hydrogens is 451 g/mol. The Hall–Kier alpha value is -1.72. The lowest BCUT2D eigenvalue weighted by Crippen LogP contribution is -2.90. The minimum atomic E-state index is -2.68. The molecule has 0 atom stereocenters. The van der Waals surface area contributed by atoms with Crippen molar-refractivity contribution in [1.29, 1.82) is 0 Å². The van der Waals surface area contributed by atoms with Gasteiger partial charge < -0.3 is 23.2 Å². The second kappa shape index (κ2) is 10.1. The first-order chi connectivity index (χ1) is 14.1. The first kappa shape index (κ1) is 26.3. The van der Waals surface area contributed by atoms with E-state index < -0.39 is 42.0 Å². The lowest BCUT2D eigenvalue weighted by Gasteiger charge is -2.50. The van der Waals surface area contributed by atoms with Crippen molar-refractivity contribution in [3.63, 3.8) is 0 Å². The minimum absolute atomic E-state index is 1.91. The largest absolute Gasteiger partial charge is 0.323 e. The summed E-state index contributed by atoms with van der Waals surface area (Å²) < 4.78 is 19.0. The lowest BCUT2D eigenvalue weighted by molar-refractivity contribution is 1.11. The molecule has 0 amide bonds. The van der Waals surface area contributed by atoms with Gasteiger partial charge in [0.2, 0.25) is 42.0 Å². The van der Waals surface area contributed by atoms with Crippen LogP contribution in [0.4, 0.5) is 0 Å². The fourth-order valence-electron chi connectivity index (χ4n) is 3.30. The van der Waals surface area contributed by atoms with Crippen molar-refractivity contribution in [2.45, 2.75) is 0 Å². The van der Waals surface area contributed by atoms with Gasteiger partial charge in [-0.2, -0.15) is 0 Å². The topological polar surface area (TPSA) is 60.1 Å². The zero-order valence-electron chi connectivity index (χ0n) is 17.8. The van der Waals surface area contributed by atoms with Crippen molar-refractivity contribution in [2.24, 2.45) is 0 Å². The van der Waals surface area contributed by atoms with Crippen molar-refractivity contribution in [3.05, 3.63) is 123 Å². The third-order valence-corrected chi connectivity index (χ3v) is 28.3. The molecule has 1 rings (SSSR count). The van der Waals surface area contributed by atoms with Crippen LogP contribution < -0.4 is 23.2 Å². The van der Waals surface area contributed by atoms with E-state index in [1.807, 2.05) is 57.0 Å². The van der Waals surface area contributed by atoms with E-state index in [-0.39, 0.29) is 0 Å². The average molecular weight is 486 g/mol. The Balaban J connectivity index is 4.01. The summed E-state index contributed by atoms with van der Waals surface area (Å²) in [5.74, 6) is 0. The number of hydrogen-bond donors (Lipinski definition) is 5. The van der Waals surface area contributed by atoms with Gasteiger partial charge in [-0.3, -0.25) is 0 Å². The summed E-state index contributed by atoms with van der Waals surface area (Å²) in [4.78, 5) is 0. The Morgan fingerprint density at radius 2 is 0.367 bits per heavy atom. The fraction of sp³-hybridized carbons (Fsp3) is 0. The van der Waals surface area contributed by atoms with E-state index in [9.17, 15) is 0 Å². The summed E-state index contributed by atoms with van der Waals surface area (Å²) in [6.07, 6.45) is 0. The first-order valence-corrected chi connectivity index (χ1v) is 20.2. The molecule has 160 valence electrons. The predicted molar refractivity (Wildman–Crippen MR) is 146 cm³/mol. The van der Waals surface area contributed by atoms with Crippen molar-refractivity contribution < 1.29 is 0 Å². The van der Waals surface area contributed by atoms with Crippen molar-refractivity contribution >= 4 is 42.0 Å². The number of nitrogens with one attached hydrogen (secondary N) is 5. The van der Waals surface area contributed by atoms with Gasteiger partial charge in [0.05, 0.1) is 0 Å². The van der Waals surface area contributed by atoms with Crippen LogP contribution in [0.5, 0.6) is 0 Å². The highest BCUT2D eigenvalue weighted by Gasteiger charge is 2.52. The quantitative estimate of drug-likeness (QED) is 0.308. The highest BCUT2D eigenvalue weighted by molar-refractivity contribution is 7.15. The van der Waals surface area contributed by atoms with Crippen LogP contribution >= 0.6 is 0 Å². The van der Waals surface area contributed by atoms with E-state index in [2.05, 4.69) is 89.0 Å². The van der Waals surface area contributed by atoms with E-state index in [0.717, 1.165) is 0 Å². The van der Waals surface area contributed by atoms with Crippen LogP contribution in [-0.4, -0.2) is 42.0 Å². The SMILES string of the molecule is C=C[Si]1(C=C)N[Si](C=C)(C=C)N[Si](C=C)(C=C)N[Si](C=C)(C=C)N[Si](C=C)(C=C)N1. The molecule has 0 saturated carbocycles. The van der Waals surface area contributed by atoms with E-state index in [1.54, 1.807) is 0 Å². The summed E-state index contributed by atoms with van der Waals surface area (Å²) in [6.45, 7) is 41.2. The number of hydrogen-bond acceptors (Lipinski definition) is 5. The van der Waals surface area contributed by atoms with E-state index in [1.165, 1.54) is 0 Å². The summed E-state index contributed by atoms with van der Waals surface area (Å²) in [7, 11) is -13.4. The zero-order valence-corrected chi connectivity index (χ0v) is 22.8. The molecule has 0 bridgehead atoms. The Morgan fingerprint density at radius 1 is 0.267 bits per heavy atom. The van der Waals surface area contributed by atoms with Gasteiger partial charge in [0.25, 0.3) is 0 Å². The zero-order chi connectivity index (χ0) is 23.1. The van der Waals surface area contributed by atoms with Gasteiger partial charge >= 0.3 is 0 Å². The predicted octanol–water partition coefficient (Wildman–Crippen LogP) is 2.41. The van der Waals surface area contributed by atoms with Gasteiger partial charge in [-0.05, 0) is 0 Å². The van der Waals surface area contributed by atoms with Gasteiger partial charge in [0, 0.05) is 0 Å². The Bertz CT molecular complexity index is 580. The van der Waals surface area contributed by atoms with Crippen LogP contribution in [0.15, 0.2) is 123 Å². The monoisotopic (exact) mass is 485 g/mol. The third-order valence-electron chi connectivity index (χ3n) is 5.29. The molecule has 1 aliphatic rings. The van der Waals surface area contributed by atoms with Crippen molar-refractivity contribution in [3.8, 4) is 0 Å². The molecule has 1 saturated heterocycles. The van der Waals surface area contributed by atoms with E-state index >= 15 is 0 Å². The van der Waals surface area contributed by atoms with Crippen LogP contribution in [0.2, 0.25) is 0 Å². The van der Waals surface area contributed by atoms with E-state index in [4.69, 9.17) is 0 Å². The fourth-order valence-corrected chi connectivity index (χ4v) is 30.1. The highest BCUT2D eigenvalue weighted by Crippen LogP contribution is 2.18. The molecule has 1 aliphatic heterocycles. The normalized spacial score (nSPS) is 23.3. The van der Waals surface area contributed by atoms with Gasteiger partial charge in [-0.1, -0.05) is 57.0 Å². The summed E-state index contributed by atoms with van der Waals surface area (Å²) in [5.41, 5.74) is 19.1. The van der Waals surface area contributed by atoms with Crippen LogP contribution in [0.1, 0.15) is 0 Å². The van der Waals surface area contributed by atoms with Gasteiger partial charge in [-0.25, -0.2) is 0 Å².